The fraction of sp³-hybridized carbons (Fsp3) is 0.471. The van der Waals surface area contributed by atoms with Crippen LogP contribution in [-0.2, 0) is 48.5 Å². The van der Waals surface area contributed by atoms with Crippen LogP contribution in [0.1, 0.15) is 59.4 Å². The Morgan fingerprint density at radius 3 is 1.61 bits per heavy atom. The van der Waals surface area contributed by atoms with Gasteiger partial charge >= 0.3 is 26.2 Å². The van der Waals surface area contributed by atoms with Crippen LogP contribution in [0.3, 0.4) is 0 Å². The maximum atomic E-state index is 6.10. The van der Waals surface area contributed by atoms with E-state index in [0.717, 1.165) is 78.5 Å². The molecule has 0 aliphatic heterocycles. The number of aromatic nitrogens is 6. The number of benzene rings is 4. The number of ether oxygens (including phenoxy) is 1. The SMILES string of the molecule is CCO[Si](C)(CCCOc1ccc(C)cc1-n1nc2ccccc2n1)OCC.CCO[Si](CCCn1c2ccccc2c2ccccc21)(OCC)OCC.CO[Si](CCCn1ccnc1)(OC)OC. The average Bonchev–Trinajstić information content (AvgIpc) is 4.12. The second-order valence-corrected chi connectivity index (χ2v) is 25.5. The van der Waals surface area contributed by atoms with Crippen LogP contribution in [0.5, 0.6) is 5.75 Å². The molecule has 0 fully saturated rings. The van der Waals surface area contributed by atoms with Gasteiger partial charge in [0.1, 0.15) is 22.5 Å². The molecule has 0 unspecified atom stereocenters. The first-order valence-electron chi connectivity index (χ1n) is 24.4. The van der Waals surface area contributed by atoms with Gasteiger partial charge in [0.25, 0.3) is 0 Å². The molecule has 3 heterocycles. The number of hydrogen-bond acceptors (Lipinski definition) is 12. The molecule has 0 N–H and O–H groups in total. The molecule has 7 rings (SSSR count). The van der Waals surface area contributed by atoms with Gasteiger partial charge in [-0.25, -0.2) is 4.98 Å². The summed E-state index contributed by atoms with van der Waals surface area (Å²) in [4.78, 5) is 5.64. The molecule has 0 aliphatic carbocycles. The summed E-state index contributed by atoms with van der Waals surface area (Å²) in [6.45, 7) is 19.9. The minimum absolute atomic E-state index is 0.597. The van der Waals surface area contributed by atoms with E-state index in [9.17, 15) is 0 Å². The van der Waals surface area contributed by atoms with E-state index in [4.69, 9.17) is 40.1 Å². The van der Waals surface area contributed by atoms with E-state index in [1.807, 2.05) is 87.8 Å². The van der Waals surface area contributed by atoms with Gasteiger partial charge in [-0.15, -0.1) is 15.0 Å². The molecule has 0 bridgehead atoms. The highest BCUT2D eigenvalue weighted by molar-refractivity contribution is 6.66. The smallest absolute Gasteiger partial charge is 0.491 e. The molecule has 0 saturated carbocycles. The van der Waals surface area contributed by atoms with Crippen LogP contribution in [0, 0.1) is 6.92 Å². The molecule has 3 aromatic heterocycles. The van der Waals surface area contributed by atoms with Gasteiger partial charge in [0.15, 0.2) is 0 Å². The van der Waals surface area contributed by atoms with Crippen LogP contribution in [-0.4, -0.2) is 116 Å². The molecule has 4 aromatic carbocycles. The van der Waals surface area contributed by atoms with Gasteiger partial charge in [-0.3, -0.25) is 0 Å². The standard InChI is InChI=1S/C21H29N3O3Si.C21H29NO3Si.C9H18N2O3Si/c1-5-26-28(4,27-6-2)15-9-14-25-21-13-12-17(3)16-20(21)24-22-18-10-7-8-11-19(18)23-24;1-4-23-26(24-5-2,25-6-3)17-11-16-22-20-14-9-7-12-18(20)19-13-8-10-15-21(19)22;1-12-15(13-2,14-3)8-4-6-11-7-5-10-9-11/h7-8,10-13,16H,5-6,9,14-15H2,1-4H3;7-10,12-15H,4-6,11,16-17H2,1-3H3;5,7,9H,4,6,8H2,1-3H3. The Labute approximate surface area is 412 Å². The summed E-state index contributed by atoms with van der Waals surface area (Å²) in [6.07, 6.45) is 8.32. The van der Waals surface area contributed by atoms with Crippen molar-refractivity contribution in [3.05, 3.63) is 115 Å². The maximum absolute atomic E-state index is 6.10. The summed E-state index contributed by atoms with van der Waals surface area (Å²) in [5.74, 6) is 0.780. The van der Waals surface area contributed by atoms with Crippen molar-refractivity contribution in [1.29, 1.82) is 0 Å². The van der Waals surface area contributed by atoms with Crippen LogP contribution in [0.25, 0.3) is 38.5 Å². The van der Waals surface area contributed by atoms with Gasteiger partial charge in [0, 0.05) is 114 Å². The molecule has 18 heteroatoms. The quantitative estimate of drug-likeness (QED) is 0.0358. The molecule has 0 amide bonds. The van der Waals surface area contributed by atoms with Crippen molar-refractivity contribution in [2.75, 3.05) is 61.0 Å². The van der Waals surface area contributed by atoms with Crippen LogP contribution >= 0.6 is 0 Å². The lowest BCUT2D eigenvalue weighted by Crippen LogP contribution is -2.46. The Kier molecular flexibility index (Phi) is 22.7. The molecule has 69 heavy (non-hydrogen) atoms. The Balaban J connectivity index is 0.000000202. The number of aryl methyl sites for hydroxylation is 3. The number of nitrogens with zero attached hydrogens (tertiary/aromatic N) is 6. The molecule has 0 spiro atoms. The molecule has 0 atom stereocenters. The van der Waals surface area contributed by atoms with Crippen molar-refractivity contribution >= 4 is 59.0 Å². The monoisotopic (exact) mass is 1000 g/mol. The third kappa shape index (κ3) is 15.7. The van der Waals surface area contributed by atoms with Gasteiger partial charge in [0.2, 0.25) is 0 Å². The number of fused-ring (bicyclic) bond motifs is 4. The Bertz CT molecular complexity index is 2420. The number of rotatable bonds is 27. The number of hydrogen-bond donors (Lipinski definition) is 0. The van der Waals surface area contributed by atoms with Gasteiger partial charge in [0.05, 0.1) is 12.9 Å². The fourth-order valence-corrected chi connectivity index (χ4v) is 15.1. The molecular formula is C51H76N6O9Si3. The summed E-state index contributed by atoms with van der Waals surface area (Å²) in [7, 11) is -2.16. The largest absolute Gasteiger partial charge is 0.500 e. The lowest BCUT2D eigenvalue weighted by Gasteiger charge is -2.28. The van der Waals surface area contributed by atoms with E-state index in [0.29, 0.717) is 39.6 Å². The Morgan fingerprint density at radius 2 is 1.09 bits per heavy atom. The molecular weight excluding hydrogens is 925 g/mol. The average molecular weight is 1000 g/mol. The first kappa shape index (κ1) is 55.3. The number of para-hydroxylation sites is 2. The van der Waals surface area contributed by atoms with Gasteiger partial charge in [-0.1, -0.05) is 54.6 Å². The summed E-state index contributed by atoms with van der Waals surface area (Å²) < 4.78 is 56.3. The molecule has 15 nitrogen and oxygen atoms in total. The molecule has 0 radical (unpaired) electrons. The zero-order chi connectivity index (χ0) is 49.5. The number of imidazole rings is 1. The highest BCUT2D eigenvalue weighted by atomic mass is 28.4. The summed E-state index contributed by atoms with van der Waals surface area (Å²) in [5, 5.41) is 11.8. The lowest BCUT2D eigenvalue weighted by atomic mass is 10.2. The van der Waals surface area contributed by atoms with E-state index >= 15 is 0 Å². The van der Waals surface area contributed by atoms with Crippen molar-refractivity contribution < 1.29 is 40.1 Å². The van der Waals surface area contributed by atoms with Crippen molar-refractivity contribution in [3.8, 4) is 11.4 Å². The minimum atomic E-state index is -2.58. The van der Waals surface area contributed by atoms with E-state index in [1.54, 1.807) is 38.7 Å². The second kappa shape index (κ2) is 28.3. The van der Waals surface area contributed by atoms with Crippen LogP contribution in [0.2, 0.25) is 24.7 Å². The highest BCUT2D eigenvalue weighted by Gasteiger charge is 2.40. The third-order valence-electron chi connectivity index (χ3n) is 11.6. The predicted molar refractivity (Wildman–Crippen MR) is 281 cm³/mol. The second-order valence-electron chi connectivity index (χ2n) is 16.4. The molecule has 0 saturated heterocycles. The summed E-state index contributed by atoms with van der Waals surface area (Å²) >= 11 is 0. The van der Waals surface area contributed by atoms with E-state index in [2.05, 4.69) is 81.8 Å². The lowest BCUT2D eigenvalue weighted by molar-refractivity contribution is 0.0705. The summed E-state index contributed by atoms with van der Waals surface area (Å²) in [5.41, 5.74) is 6.29. The first-order valence-corrected chi connectivity index (χ1v) is 30.8. The Hall–Kier alpha value is -4.58. The van der Waals surface area contributed by atoms with Gasteiger partial charge < -0.3 is 49.3 Å². The topological polar surface area (TPSA) is 137 Å². The molecule has 0 aliphatic rings. The first-order chi connectivity index (χ1) is 33.5. The van der Waals surface area contributed by atoms with Crippen LogP contribution < -0.4 is 4.74 Å². The normalized spacial score (nSPS) is 12.0. The van der Waals surface area contributed by atoms with Crippen molar-refractivity contribution in [2.24, 2.45) is 0 Å². The van der Waals surface area contributed by atoms with Crippen molar-refractivity contribution in [3.63, 3.8) is 0 Å². The van der Waals surface area contributed by atoms with Crippen LogP contribution in [0.4, 0.5) is 0 Å². The van der Waals surface area contributed by atoms with Crippen molar-refractivity contribution in [2.45, 2.75) is 98.6 Å². The van der Waals surface area contributed by atoms with Gasteiger partial charge in [-0.2, -0.15) is 0 Å². The van der Waals surface area contributed by atoms with E-state index in [-0.39, 0.29) is 0 Å². The van der Waals surface area contributed by atoms with Gasteiger partial charge in [-0.05, 0) is 115 Å². The minimum Gasteiger partial charge on any atom is -0.491 e. The van der Waals surface area contributed by atoms with E-state index < -0.39 is 26.2 Å². The molecule has 376 valence electrons. The van der Waals surface area contributed by atoms with Crippen LogP contribution in [0.15, 0.2) is 110 Å². The van der Waals surface area contributed by atoms with E-state index in [1.165, 1.54) is 21.8 Å². The molecule has 7 aromatic rings. The third-order valence-corrected chi connectivity index (χ3v) is 20.6. The zero-order valence-corrected chi connectivity index (χ0v) is 45.6. The summed E-state index contributed by atoms with van der Waals surface area (Å²) in [6, 6.07) is 33.7. The maximum Gasteiger partial charge on any atom is 0.500 e. The highest BCUT2D eigenvalue weighted by Crippen LogP contribution is 2.30. The predicted octanol–water partition coefficient (Wildman–Crippen LogP) is 11.0. The fourth-order valence-electron chi connectivity index (χ4n) is 8.40. The Morgan fingerprint density at radius 1 is 0.565 bits per heavy atom. The zero-order valence-electron chi connectivity index (χ0n) is 42.6. The van der Waals surface area contributed by atoms with Crippen molar-refractivity contribution in [1.82, 2.24) is 29.1 Å².